The lowest BCUT2D eigenvalue weighted by atomic mass is 9.97. The number of allylic oxidation sites excluding steroid dienone is 1. The Labute approximate surface area is 148 Å². The van der Waals surface area contributed by atoms with Gasteiger partial charge in [-0.05, 0) is 56.4 Å². The zero-order valence-electron chi connectivity index (χ0n) is 15.0. The maximum Gasteiger partial charge on any atom is 0.310 e. The Morgan fingerprint density at radius 3 is 2.56 bits per heavy atom. The van der Waals surface area contributed by atoms with E-state index in [1.807, 2.05) is 0 Å². The molecule has 2 rings (SSSR count). The zero-order valence-corrected chi connectivity index (χ0v) is 15.0. The van der Waals surface area contributed by atoms with E-state index >= 15 is 0 Å². The number of esters is 1. The fraction of sp³-hybridized carbons (Fsp3) is 0.500. The van der Waals surface area contributed by atoms with Crippen LogP contribution in [0.4, 0.5) is 4.39 Å². The van der Waals surface area contributed by atoms with Crippen LogP contribution in [0.5, 0.6) is 0 Å². The van der Waals surface area contributed by atoms with Crippen molar-refractivity contribution in [2.24, 2.45) is 5.92 Å². The summed E-state index contributed by atoms with van der Waals surface area (Å²) in [6.07, 6.45) is 7.65. The number of rotatable bonds is 7. The molecule has 25 heavy (non-hydrogen) atoms. The van der Waals surface area contributed by atoms with Crippen LogP contribution in [0.3, 0.4) is 0 Å². The van der Waals surface area contributed by atoms with Crippen LogP contribution in [0.1, 0.15) is 49.4 Å². The number of ether oxygens (including phenoxy) is 1. The van der Waals surface area contributed by atoms with Gasteiger partial charge in [0.1, 0.15) is 5.82 Å². The molecule has 1 atom stereocenters. The van der Waals surface area contributed by atoms with Gasteiger partial charge in [-0.1, -0.05) is 18.6 Å². The van der Waals surface area contributed by atoms with Gasteiger partial charge in [-0.3, -0.25) is 9.59 Å². The van der Waals surface area contributed by atoms with Gasteiger partial charge in [0.15, 0.2) is 0 Å². The average Bonchev–Trinajstić information content (AvgIpc) is 2.65. The second-order valence-corrected chi connectivity index (χ2v) is 6.54. The van der Waals surface area contributed by atoms with Crippen molar-refractivity contribution in [3.63, 3.8) is 0 Å². The molecule has 4 nitrogen and oxygen atoms in total. The first-order chi connectivity index (χ1) is 12.0. The predicted molar refractivity (Wildman–Crippen MR) is 94.7 cm³/mol. The van der Waals surface area contributed by atoms with Crippen LogP contribution < -0.4 is 0 Å². The first-order valence-electron chi connectivity index (χ1n) is 8.82. The van der Waals surface area contributed by atoms with E-state index in [0.29, 0.717) is 12.1 Å². The summed E-state index contributed by atoms with van der Waals surface area (Å²) in [6.45, 7) is 2.58. The molecule has 1 aliphatic rings. The Morgan fingerprint density at radius 2 is 1.96 bits per heavy atom. The van der Waals surface area contributed by atoms with Gasteiger partial charge in [0.05, 0.1) is 13.0 Å². The molecule has 0 aliphatic heterocycles. The summed E-state index contributed by atoms with van der Waals surface area (Å²) in [6, 6.07) is 5.51. The molecule has 0 aromatic heterocycles. The van der Waals surface area contributed by atoms with Crippen LogP contribution in [-0.4, -0.2) is 37.0 Å². The van der Waals surface area contributed by atoms with Gasteiger partial charge in [0, 0.05) is 18.7 Å². The van der Waals surface area contributed by atoms with Crippen LogP contribution >= 0.6 is 0 Å². The van der Waals surface area contributed by atoms with E-state index in [2.05, 4.69) is 6.08 Å². The van der Waals surface area contributed by atoms with Gasteiger partial charge >= 0.3 is 5.97 Å². The summed E-state index contributed by atoms with van der Waals surface area (Å²) >= 11 is 0. The van der Waals surface area contributed by atoms with Gasteiger partial charge in [-0.2, -0.15) is 0 Å². The number of carbonyl (C=O) groups is 2. The van der Waals surface area contributed by atoms with E-state index in [0.717, 1.165) is 19.3 Å². The molecule has 1 aliphatic carbocycles. The summed E-state index contributed by atoms with van der Waals surface area (Å²) < 4.78 is 17.9. The van der Waals surface area contributed by atoms with Crippen molar-refractivity contribution in [2.45, 2.75) is 39.0 Å². The summed E-state index contributed by atoms with van der Waals surface area (Å²) in [4.78, 5) is 26.2. The highest BCUT2D eigenvalue weighted by atomic mass is 19.1. The van der Waals surface area contributed by atoms with Gasteiger partial charge in [0.2, 0.25) is 0 Å². The third-order valence-corrected chi connectivity index (χ3v) is 4.56. The van der Waals surface area contributed by atoms with E-state index in [-0.39, 0.29) is 24.2 Å². The maximum atomic E-state index is 13.1. The molecule has 0 fully saturated rings. The average molecular weight is 347 g/mol. The lowest BCUT2D eigenvalue weighted by molar-refractivity contribution is -0.145. The molecule has 1 aromatic rings. The highest BCUT2D eigenvalue weighted by Crippen LogP contribution is 2.21. The van der Waals surface area contributed by atoms with Crippen LogP contribution in [-0.2, 0) is 9.53 Å². The summed E-state index contributed by atoms with van der Waals surface area (Å²) in [5.74, 6) is -1.31. The number of carbonyl (C=O) groups excluding carboxylic acids is 2. The normalized spacial score (nSPS) is 15.2. The highest BCUT2D eigenvalue weighted by Gasteiger charge is 2.23. The molecule has 0 saturated heterocycles. The van der Waals surface area contributed by atoms with Crippen molar-refractivity contribution in [2.75, 3.05) is 20.2 Å². The molecule has 0 N–H and O–H groups in total. The second kappa shape index (κ2) is 9.35. The quantitative estimate of drug-likeness (QED) is 0.554. The van der Waals surface area contributed by atoms with E-state index in [4.69, 9.17) is 4.74 Å². The number of methoxy groups -OCH3 is 1. The highest BCUT2D eigenvalue weighted by molar-refractivity contribution is 5.94. The summed E-state index contributed by atoms with van der Waals surface area (Å²) in [7, 11) is 1.35. The molecular formula is C20H26FNO3. The van der Waals surface area contributed by atoms with Gasteiger partial charge in [-0.15, -0.1) is 0 Å². The van der Waals surface area contributed by atoms with Gasteiger partial charge in [-0.25, -0.2) is 4.39 Å². The molecule has 0 spiro atoms. The van der Waals surface area contributed by atoms with E-state index in [9.17, 15) is 14.0 Å². The third-order valence-electron chi connectivity index (χ3n) is 4.56. The predicted octanol–water partition coefficient (Wildman–Crippen LogP) is 3.97. The molecule has 0 bridgehead atoms. The van der Waals surface area contributed by atoms with Crippen LogP contribution in [0.15, 0.2) is 35.9 Å². The zero-order chi connectivity index (χ0) is 18.2. The maximum absolute atomic E-state index is 13.1. The minimum atomic E-state index is -0.408. The lowest BCUT2D eigenvalue weighted by Gasteiger charge is -2.26. The topological polar surface area (TPSA) is 46.6 Å². The Balaban J connectivity index is 2.09. The molecule has 0 heterocycles. The molecule has 1 aromatic carbocycles. The van der Waals surface area contributed by atoms with Crippen molar-refractivity contribution in [1.82, 2.24) is 4.90 Å². The number of hydrogen-bond acceptors (Lipinski definition) is 3. The van der Waals surface area contributed by atoms with E-state index in [1.165, 1.54) is 49.8 Å². The van der Waals surface area contributed by atoms with E-state index in [1.54, 1.807) is 11.8 Å². The lowest BCUT2D eigenvalue weighted by Crippen LogP contribution is -2.38. The van der Waals surface area contributed by atoms with Crippen LogP contribution in [0, 0.1) is 11.7 Å². The van der Waals surface area contributed by atoms with Crippen molar-refractivity contribution in [3.8, 4) is 0 Å². The Kier molecular flexibility index (Phi) is 7.16. The van der Waals surface area contributed by atoms with Crippen LogP contribution in [0.2, 0.25) is 0 Å². The molecule has 136 valence electrons. The minimum absolute atomic E-state index is 0.188. The second-order valence-electron chi connectivity index (χ2n) is 6.54. The first-order valence-corrected chi connectivity index (χ1v) is 8.82. The number of nitrogens with zero attached hydrogens (tertiary/aromatic N) is 1. The Hall–Kier alpha value is -2.17. The number of hydrogen-bond donors (Lipinski definition) is 0. The molecular weight excluding hydrogens is 321 g/mol. The monoisotopic (exact) mass is 347 g/mol. The van der Waals surface area contributed by atoms with Crippen molar-refractivity contribution < 1.29 is 18.7 Å². The first kappa shape index (κ1) is 19.2. The smallest absolute Gasteiger partial charge is 0.310 e. The van der Waals surface area contributed by atoms with Crippen molar-refractivity contribution in [1.29, 1.82) is 0 Å². The summed E-state index contributed by atoms with van der Waals surface area (Å²) in [5.41, 5.74) is 1.80. The van der Waals surface area contributed by atoms with Crippen LogP contribution in [0.25, 0.3) is 0 Å². The number of halogens is 1. The summed E-state index contributed by atoms with van der Waals surface area (Å²) in [5, 5.41) is 0. The molecule has 1 amide bonds. The minimum Gasteiger partial charge on any atom is -0.469 e. The third kappa shape index (κ3) is 5.69. The number of amides is 1. The Bertz CT molecular complexity index is 624. The fourth-order valence-electron chi connectivity index (χ4n) is 3.07. The molecule has 0 saturated carbocycles. The van der Waals surface area contributed by atoms with E-state index < -0.39 is 5.92 Å². The van der Waals surface area contributed by atoms with Crippen molar-refractivity contribution >= 4 is 11.9 Å². The molecule has 1 unspecified atom stereocenters. The molecule has 0 radical (unpaired) electrons. The largest absolute Gasteiger partial charge is 0.469 e. The van der Waals surface area contributed by atoms with Gasteiger partial charge in [0.25, 0.3) is 5.91 Å². The van der Waals surface area contributed by atoms with Crippen molar-refractivity contribution in [3.05, 3.63) is 47.3 Å². The van der Waals surface area contributed by atoms with Gasteiger partial charge < -0.3 is 9.64 Å². The fourth-order valence-corrected chi connectivity index (χ4v) is 3.07. The molecule has 5 heteroatoms. The number of benzene rings is 1. The standard InChI is InChI=1S/C20H26FNO3/c1-15(20(24)25-2)14-22(13-12-16-6-4-3-5-7-16)19(23)17-8-10-18(21)11-9-17/h6,8-11,15H,3-5,7,12-14H2,1-2H3. The Morgan fingerprint density at radius 1 is 1.24 bits per heavy atom. The SMILES string of the molecule is COC(=O)C(C)CN(CCC1=CCCCC1)C(=O)c1ccc(F)cc1.